The lowest BCUT2D eigenvalue weighted by Crippen LogP contribution is -2.30. The molecule has 0 aliphatic carbocycles. The van der Waals surface area contributed by atoms with Gasteiger partial charge in [0.1, 0.15) is 15.8 Å². The van der Waals surface area contributed by atoms with Gasteiger partial charge in [0, 0.05) is 18.2 Å². The van der Waals surface area contributed by atoms with E-state index < -0.39 is 5.97 Å². The first-order valence-corrected chi connectivity index (χ1v) is 8.39. The molecule has 3 rings (SSSR count). The monoisotopic (exact) mass is 359 g/mol. The van der Waals surface area contributed by atoms with Crippen LogP contribution in [0, 0.1) is 0 Å². The second-order valence-electron chi connectivity index (χ2n) is 5.05. The van der Waals surface area contributed by atoms with Crippen molar-refractivity contribution in [3.63, 3.8) is 0 Å². The molecule has 0 bridgehead atoms. The predicted octanol–water partition coefficient (Wildman–Crippen LogP) is 3.62. The molecule has 24 heavy (non-hydrogen) atoms. The second-order valence-corrected chi connectivity index (χ2v) is 6.72. The highest BCUT2D eigenvalue weighted by Crippen LogP contribution is 2.33. The van der Waals surface area contributed by atoms with Crippen LogP contribution in [0.1, 0.15) is 12.2 Å². The van der Waals surface area contributed by atoms with Gasteiger partial charge in [0.15, 0.2) is 0 Å². The quantitative estimate of drug-likeness (QED) is 0.649. The highest BCUT2D eigenvalue weighted by Gasteiger charge is 2.32. The zero-order valence-electron chi connectivity index (χ0n) is 12.5. The van der Waals surface area contributed by atoms with E-state index in [-0.39, 0.29) is 18.9 Å². The lowest BCUT2D eigenvalue weighted by molar-refractivity contribution is -0.137. The van der Waals surface area contributed by atoms with Crippen molar-refractivity contribution < 1.29 is 19.1 Å². The van der Waals surface area contributed by atoms with E-state index in [1.54, 1.807) is 12.1 Å². The van der Waals surface area contributed by atoms with Crippen LogP contribution in [-0.4, -0.2) is 32.7 Å². The van der Waals surface area contributed by atoms with Gasteiger partial charge in [0.05, 0.1) is 11.3 Å². The van der Waals surface area contributed by atoms with Crippen molar-refractivity contribution >= 4 is 46.3 Å². The summed E-state index contributed by atoms with van der Waals surface area (Å²) in [7, 11) is 0. The van der Waals surface area contributed by atoms with Crippen molar-refractivity contribution in [3.8, 4) is 11.3 Å². The predicted molar refractivity (Wildman–Crippen MR) is 96.3 cm³/mol. The lowest BCUT2D eigenvalue weighted by atomic mass is 10.2. The minimum atomic E-state index is -0.966. The smallest absolute Gasteiger partial charge is 0.305 e. The van der Waals surface area contributed by atoms with Gasteiger partial charge in [-0.2, -0.15) is 0 Å². The van der Waals surface area contributed by atoms with Gasteiger partial charge in [-0.15, -0.1) is 0 Å². The number of carboxylic acids is 1. The van der Waals surface area contributed by atoms with Crippen molar-refractivity contribution in [1.82, 2.24) is 4.90 Å². The third-order valence-corrected chi connectivity index (χ3v) is 4.76. The van der Waals surface area contributed by atoms with Gasteiger partial charge < -0.3 is 9.52 Å². The molecule has 122 valence electrons. The summed E-state index contributed by atoms with van der Waals surface area (Å²) in [6.45, 7) is 0.0742. The molecule has 7 heteroatoms. The lowest BCUT2D eigenvalue weighted by Gasteiger charge is -2.12. The Balaban J connectivity index is 1.77. The minimum absolute atomic E-state index is 0.0742. The molecular weight excluding hydrogens is 346 g/mol. The number of rotatable bonds is 5. The standard InChI is InChI=1S/C17H13NO4S2/c19-15(20)8-9-18-16(21)14(24-17(18)23)10-12-6-7-13(22-12)11-4-2-1-3-5-11/h1-7,10H,8-9H2,(H,19,20)/b14-10+. The Morgan fingerprint density at radius 1 is 1.25 bits per heavy atom. The van der Waals surface area contributed by atoms with Crippen molar-refractivity contribution in [2.45, 2.75) is 6.42 Å². The fraction of sp³-hybridized carbons (Fsp3) is 0.118. The van der Waals surface area contributed by atoms with Gasteiger partial charge in [-0.05, 0) is 12.1 Å². The second kappa shape index (κ2) is 7.02. The topological polar surface area (TPSA) is 70.8 Å². The maximum atomic E-state index is 12.3. The SMILES string of the molecule is O=C(O)CCN1C(=O)/C(=C\c2ccc(-c3ccccc3)o2)SC1=S. The molecular formula is C17H13NO4S2. The summed E-state index contributed by atoms with van der Waals surface area (Å²) in [5.41, 5.74) is 0.950. The molecule has 2 aromatic rings. The molecule has 0 saturated carbocycles. The highest BCUT2D eigenvalue weighted by molar-refractivity contribution is 8.26. The van der Waals surface area contributed by atoms with E-state index in [1.165, 1.54) is 4.90 Å². The molecule has 1 saturated heterocycles. The Kier molecular flexibility index (Phi) is 4.82. The number of nitrogens with zero attached hydrogens (tertiary/aromatic N) is 1. The first-order valence-electron chi connectivity index (χ1n) is 7.17. The number of thiocarbonyl (C=S) groups is 1. The number of carboxylic acid groups (broad SMARTS) is 1. The minimum Gasteiger partial charge on any atom is -0.481 e. The fourth-order valence-corrected chi connectivity index (χ4v) is 3.51. The fourth-order valence-electron chi connectivity index (χ4n) is 2.22. The molecule has 1 aromatic carbocycles. The first-order chi connectivity index (χ1) is 11.5. The molecule has 0 spiro atoms. The van der Waals surface area contributed by atoms with Gasteiger partial charge in [0.2, 0.25) is 0 Å². The first kappa shape index (κ1) is 16.5. The number of amides is 1. The highest BCUT2D eigenvalue weighted by atomic mass is 32.2. The Labute approximate surface area is 148 Å². The Morgan fingerprint density at radius 3 is 2.71 bits per heavy atom. The summed E-state index contributed by atoms with van der Waals surface area (Å²) in [6, 6.07) is 13.3. The van der Waals surface area contributed by atoms with E-state index in [4.69, 9.17) is 21.7 Å². The van der Waals surface area contributed by atoms with Gasteiger partial charge in [-0.3, -0.25) is 14.5 Å². The maximum Gasteiger partial charge on any atom is 0.305 e. The molecule has 1 fully saturated rings. The molecule has 2 heterocycles. The van der Waals surface area contributed by atoms with Crippen LogP contribution in [0.15, 0.2) is 51.8 Å². The molecule has 1 aromatic heterocycles. The summed E-state index contributed by atoms with van der Waals surface area (Å²) in [5, 5.41) is 8.74. The average molecular weight is 359 g/mol. The number of furan rings is 1. The number of carbonyl (C=O) groups is 2. The molecule has 1 amide bonds. The normalized spacial score (nSPS) is 16.2. The van der Waals surface area contributed by atoms with Crippen LogP contribution in [0.5, 0.6) is 0 Å². The third kappa shape index (κ3) is 3.58. The number of hydrogen-bond acceptors (Lipinski definition) is 5. The van der Waals surface area contributed by atoms with Crippen molar-refractivity contribution in [2.24, 2.45) is 0 Å². The van der Waals surface area contributed by atoms with Crippen LogP contribution in [0.4, 0.5) is 0 Å². The van der Waals surface area contributed by atoms with Crippen LogP contribution in [0.2, 0.25) is 0 Å². The number of benzene rings is 1. The Hall–Kier alpha value is -2.38. The summed E-state index contributed by atoms with van der Waals surface area (Å²) >= 11 is 6.30. The van der Waals surface area contributed by atoms with E-state index in [2.05, 4.69) is 0 Å². The molecule has 0 unspecified atom stereocenters. The molecule has 0 radical (unpaired) electrons. The van der Waals surface area contributed by atoms with Crippen molar-refractivity contribution in [2.75, 3.05) is 6.54 Å². The number of aliphatic carboxylic acids is 1. The van der Waals surface area contributed by atoms with Crippen LogP contribution in [-0.2, 0) is 9.59 Å². The summed E-state index contributed by atoms with van der Waals surface area (Å²) in [6.07, 6.45) is 1.49. The van der Waals surface area contributed by atoms with E-state index >= 15 is 0 Å². The maximum absolute atomic E-state index is 12.3. The molecule has 1 aliphatic heterocycles. The number of hydrogen-bond donors (Lipinski definition) is 1. The average Bonchev–Trinajstić information content (AvgIpc) is 3.13. The summed E-state index contributed by atoms with van der Waals surface area (Å²) in [4.78, 5) is 24.7. The third-order valence-electron chi connectivity index (χ3n) is 3.38. The number of carbonyl (C=O) groups excluding carboxylic acids is 1. The van der Waals surface area contributed by atoms with Gasteiger partial charge in [-0.1, -0.05) is 54.3 Å². The summed E-state index contributed by atoms with van der Waals surface area (Å²) in [5.74, 6) is 0.00581. The van der Waals surface area contributed by atoms with Crippen LogP contribution in [0.25, 0.3) is 17.4 Å². The largest absolute Gasteiger partial charge is 0.481 e. The van der Waals surface area contributed by atoms with Crippen LogP contribution in [0.3, 0.4) is 0 Å². The van der Waals surface area contributed by atoms with Crippen molar-refractivity contribution in [1.29, 1.82) is 0 Å². The summed E-state index contributed by atoms with van der Waals surface area (Å²) < 4.78 is 6.11. The molecule has 0 atom stereocenters. The van der Waals surface area contributed by atoms with E-state index in [0.717, 1.165) is 17.3 Å². The Morgan fingerprint density at radius 2 is 2.00 bits per heavy atom. The molecule has 5 nitrogen and oxygen atoms in total. The molecule has 1 N–H and O–H groups in total. The van der Waals surface area contributed by atoms with E-state index in [0.29, 0.717) is 20.7 Å². The zero-order chi connectivity index (χ0) is 17.1. The van der Waals surface area contributed by atoms with Crippen LogP contribution >= 0.6 is 24.0 Å². The number of thioether (sulfide) groups is 1. The Bertz CT molecular complexity index is 826. The van der Waals surface area contributed by atoms with Gasteiger partial charge in [0.25, 0.3) is 5.91 Å². The van der Waals surface area contributed by atoms with Gasteiger partial charge >= 0.3 is 5.97 Å². The zero-order valence-corrected chi connectivity index (χ0v) is 14.1. The molecule has 1 aliphatic rings. The van der Waals surface area contributed by atoms with Crippen molar-refractivity contribution in [3.05, 3.63) is 53.1 Å². The van der Waals surface area contributed by atoms with Gasteiger partial charge in [-0.25, -0.2) is 0 Å². The van der Waals surface area contributed by atoms with E-state index in [1.807, 2.05) is 36.4 Å². The van der Waals surface area contributed by atoms with E-state index in [9.17, 15) is 9.59 Å². The van der Waals surface area contributed by atoms with Crippen LogP contribution < -0.4 is 0 Å².